The van der Waals surface area contributed by atoms with Crippen molar-refractivity contribution in [1.29, 1.82) is 0 Å². The summed E-state index contributed by atoms with van der Waals surface area (Å²) in [6, 6.07) is 0.0971. The van der Waals surface area contributed by atoms with E-state index in [-0.39, 0.29) is 11.9 Å². The van der Waals surface area contributed by atoms with E-state index in [2.05, 4.69) is 15.5 Å². The fourth-order valence-electron chi connectivity index (χ4n) is 0.918. The van der Waals surface area contributed by atoms with E-state index in [0.29, 0.717) is 11.4 Å². The van der Waals surface area contributed by atoms with E-state index < -0.39 is 0 Å². The first-order valence-electron chi connectivity index (χ1n) is 4.09. The Morgan fingerprint density at radius 1 is 1.85 bits per heavy atom. The summed E-state index contributed by atoms with van der Waals surface area (Å²) < 4.78 is 0. The van der Waals surface area contributed by atoms with Gasteiger partial charge in [-0.05, 0) is 13.3 Å². The molecule has 0 aromatic carbocycles. The van der Waals surface area contributed by atoms with Gasteiger partial charge in [-0.25, -0.2) is 0 Å². The summed E-state index contributed by atoms with van der Waals surface area (Å²) in [6.45, 7) is 1.92. The van der Waals surface area contributed by atoms with E-state index in [1.165, 1.54) is 6.20 Å². The number of carbonyl (C=O) groups excluding carboxylic acids is 1. The van der Waals surface area contributed by atoms with Gasteiger partial charge in [0.25, 0.3) is 5.91 Å². The number of rotatable bonds is 4. The standard InChI is InChI=1S/C8H12ClN3O/c1-6(2-3-9)12-8(13)7-4-10-11-5-7/h4-6H,2-3H2,1H3,(H,10,11)(H,12,13). The van der Waals surface area contributed by atoms with Crippen molar-refractivity contribution in [3.8, 4) is 0 Å². The second kappa shape index (κ2) is 4.87. The molecule has 1 amide bonds. The Bertz CT molecular complexity index is 260. The van der Waals surface area contributed by atoms with E-state index in [1.54, 1.807) is 6.20 Å². The number of hydrogen-bond donors (Lipinski definition) is 2. The molecule has 0 aliphatic heterocycles. The molecule has 0 saturated carbocycles. The first-order chi connectivity index (χ1) is 6.24. The molecule has 5 heteroatoms. The van der Waals surface area contributed by atoms with Crippen LogP contribution >= 0.6 is 11.6 Å². The van der Waals surface area contributed by atoms with Crippen LogP contribution < -0.4 is 5.32 Å². The third-order valence-electron chi connectivity index (χ3n) is 1.68. The van der Waals surface area contributed by atoms with Crippen LogP contribution in [0, 0.1) is 0 Å². The van der Waals surface area contributed by atoms with Crippen LogP contribution in [0.2, 0.25) is 0 Å². The fraction of sp³-hybridized carbons (Fsp3) is 0.500. The second-order valence-corrected chi connectivity index (χ2v) is 3.22. The van der Waals surface area contributed by atoms with Gasteiger partial charge < -0.3 is 5.32 Å². The number of nitrogens with one attached hydrogen (secondary N) is 2. The first-order valence-corrected chi connectivity index (χ1v) is 4.63. The SMILES string of the molecule is CC(CCCl)NC(=O)c1cn[nH]c1. The van der Waals surface area contributed by atoms with Crippen molar-refractivity contribution in [2.45, 2.75) is 19.4 Å². The van der Waals surface area contributed by atoms with Gasteiger partial charge in [0, 0.05) is 18.1 Å². The molecule has 0 aliphatic carbocycles. The van der Waals surface area contributed by atoms with Crippen molar-refractivity contribution in [3.05, 3.63) is 18.0 Å². The molecule has 0 saturated heterocycles. The third kappa shape index (κ3) is 3.06. The number of aromatic amines is 1. The Kier molecular flexibility index (Phi) is 3.76. The Labute approximate surface area is 81.7 Å². The van der Waals surface area contributed by atoms with Gasteiger partial charge in [-0.15, -0.1) is 11.6 Å². The summed E-state index contributed by atoms with van der Waals surface area (Å²) in [5.41, 5.74) is 0.543. The average molecular weight is 202 g/mol. The number of carbonyl (C=O) groups is 1. The monoisotopic (exact) mass is 201 g/mol. The van der Waals surface area contributed by atoms with E-state index in [4.69, 9.17) is 11.6 Å². The quantitative estimate of drug-likeness (QED) is 0.719. The molecule has 1 atom stereocenters. The van der Waals surface area contributed by atoms with Crippen molar-refractivity contribution in [3.63, 3.8) is 0 Å². The molecule has 0 radical (unpaired) electrons. The molecule has 1 aromatic heterocycles. The van der Waals surface area contributed by atoms with Crippen molar-refractivity contribution in [2.75, 3.05) is 5.88 Å². The van der Waals surface area contributed by atoms with Gasteiger partial charge in [-0.1, -0.05) is 0 Å². The summed E-state index contributed by atoms with van der Waals surface area (Å²) in [5, 5.41) is 9.06. The summed E-state index contributed by atoms with van der Waals surface area (Å²) in [6.07, 6.45) is 3.82. The highest BCUT2D eigenvalue weighted by molar-refractivity contribution is 6.17. The van der Waals surface area contributed by atoms with Crippen molar-refractivity contribution in [1.82, 2.24) is 15.5 Å². The van der Waals surface area contributed by atoms with Gasteiger partial charge in [0.2, 0.25) is 0 Å². The zero-order valence-corrected chi connectivity index (χ0v) is 8.14. The molecule has 1 aromatic rings. The first kappa shape index (κ1) is 10.1. The van der Waals surface area contributed by atoms with Crippen LogP contribution in [0.4, 0.5) is 0 Å². The van der Waals surface area contributed by atoms with Gasteiger partial charge >= 0.3 is 0 Å². The van der Waals surface area contributed by atoms with Gasteiger partial charge in [-0.3, -0.25) is 9.89 Å². The minimum absolute atomic E-state index is 0.0971. The lowest BCUT2D eigenvalue weighted by molar-refractivity contribution is 0.0939. The molecule has 0 aliphatic rings. The number of aromatic nitrogens is 2. The molecule has 2 N–H and O–H groups in total. The Morgan fingerprint density at radius 2 is 2.62 bits per heavy atom. The molecule has 0 fully saturated rings. The van der Waals surface area contributed by atoms with E-state index >= 15 is 0 Å². The van der Waals surface area contributed by atoms with Crippen molar-refractivity contribution < 1.29 is 4.79 Å². The Balaban J connectivity index is 2.42. The highest BCUT2D eigenvalue weighted by Gasteiger charge is 2.09. The van der Waals surface area contributed by atoms with Crippen LogP contribution in [0.5, 0.6) is 0 Å². The van der Waals surface area contributed by atoms with Crippen LogP contribution in [0.15, 0.2) is 12.4 Å². The number of amides is 1. The number of alkyl halides is 1. The second-order valence-electron chi connectivity index (χ2n) is 2.84. The number of nitrogens with zero attached hydrogens (tertiary/aromatic N) is 1. The van der Waals surface area contributed by atoms with Crippen LogP contribution in [-0.2, 0) is 0 Å². The topological polar surface area (TPSA) is 57.8 Å². The molecule has 13 heavy (non-hydrogen) atoms. The normalized spacial score (nSPS) is 12.5. The average Bonchev–Trinajstić information content (AvgIpc) is 2.55. The molecule has 1 heterocycles. The third-order valence-corrected chi connectivity index (χ3v) is 1.90. The van der Waals surface area contributed by atoms with Gasteiger partial charge in [0.15, 0.2) is 0 Å². The molecule has 0 bridgehead atoms. The molecule has 1 rings (SSSR count). The Morgan fingerprint density at radius 3 is 3.15 bits per heavy atom. The fourth-order valence-corrected chi connectivity index (χ4v) is 1.25. The zero-order valence-electron chi connectivity index (χ0n) is 7.38. The molecular weight excluding hydrogens is 190 g/mol. The van der Waals surface area contributed by atoms with Crippen LogP contribution in [-0.4, -0.2) is 28.0 Å². The summed E-state index contributed by atoms with van der Waals surface area (Å²) >= 11 is 5.53. The highest BCUT2D eigenvalue weighted by Crippen LogP contribution is 1.97. The van der Waals surface area contributed by atoms with Crippen molar-refractivity contribution in [2.24, 2.45) is 0 Å². The maximum absolute atomic E-state index is 11.4. The number of halogens is 1. The van der Waals surface area contributed by atoms with Gasteiger partial charge in [0.1, 0.15) is 0 Å². The van der Waals surface area contributed by atoms with Crippen LogP contribution in [0.1, 0.15) is 23.7 Å². The molecule has 0 spiro atoms. The Hall–Kier alpha value is -1.03. The lowest BCUT2D eigenvalue weighted by atomic mass is 10.2. The van der Waals surface area contributed by atoms with Crippen LogP contribution in [0.25, 0.3) is 0 Å². The minimum atomic E-state index is -0.119. The maximum atomic E-state index is 11.4. The molecule has 1 unspecified atom stereocenters. The summed E-state index contributed by atoms with van der Waals surface area (Å²) in [7, 11) is 0. The molecular formula is C8H12ClN3O. The van der Waals surface area contributed by atoms with Gasteiger partial charge in [0.05, 0.1) is 11.8 Å². The maximum Gasteiger partial charge on any atom is 0.254 e. The van der Waals surface area contributed by atoms with E-state index in [0.717, 1.165) is 6.42 Å². The predicted octanol–water partition coefficient (Wildman–Crippen LogP) is 1.16. The van der Waals surface area contributed by atoms with E-state index in [9.17, 15) is 4.79 Å². The molecule has 72 valence electrons. The largest absolute Gasteiger partial charge is 0.349 e. The van der Waals surface area contributed by atoms with Gasteiger partial charge in [-0.2, -0.15) is 5.10 Å². The minimum Gasteiger partial charge on any atom is -0.349 e. The van der Waals surface area contributed by atoms with Crippen LogP contribution in [0.3, 0.4) is 0 Å². The smallest absolute Gasteiger partial charge is 0.254 e. The predicted molar refractivity (Wildman–Crippen MR) is 50.9 cm³/mol. The summed E-state index contributed by atoms with van der Waals surface area (Å²) in [4.78, 5) is 11.4. The summed E-state index contributed by atoms with van der Waals surface area (Å²) in [5.74, 6) is 0.429. The van der Waals surface area contributed by atoms with E-state index in [1.807, 2.05) is 6.92 Å². The molecule has 4 nitrogen and oxygen atoms in total. The lowest BCUT2D eigenvalue weighted by Crippen LogP contribution is -2.32. The number of H-pyrrole nitrogens is 1. The van der Waals surface area contributed by atoms with Crippen molar-refractivity contribution >= 4 is 17.5 Å². The zero-order chi connectivity index (χ0) is 9.68. The lowest BCUT2D eigenvalue weighted by Gasteiger charge is -2.10. The highest BCUT2D eigenvalue weighted by atomic mass is 35.5. The number of hydrogen-bond acceptors (Lipinski definition) is 2.